The van der Waals surface area contributed by atoms with Crippen LogP contribution in [0.5, 0.6) is 17.2 Å². The summed E-state index contributed by atoms with van der Waals surface area (Å²) in [5.41, 5.74) is 3.18. The topological polar surface area (TPSA) is 62.6 Å². The number of methoxy groups -OCH3 is 3. The lowest BCUT2D eigenvalue weighted by Gasteiger charge is -2.16. The monoisotopic (exact) mass is 328 g/mol. The normalized spacial score (nSPS) is 15.3. The summed E-state index contributed by atoms with van der Waals surface area (Å²) < 4.78 is 17.8. The first-order chi connectivity index (χ1) is 11.6. The van der Waals surface area contributed by atoms with Gasteiger partial charge in [0, 0.05) is 29.9 Å². The Morgan fingerprint density at radius 2 is 1.71 bits per heavy atom. The highest BCUT2D eigenvalue weighted by molar-refractivity contribution is 6.13. The second kappa shape index (κ2) is 6.39. The van der Waals surface area contributed by atoms with Gasteiger partial charge in [0.2, 0.25) is 0 Å². The highest BCUT2D eigenvalue weighted by atomic mass is 16.5. The number of aryl methyl sites for hydroxylation is 1. The van der Waals surface area contributed by atoms with Crippen LogP contribution in [0, 0.1) is 0 Å². The second-order valence-corrected chi connectivity index (χ2v) is 5.58. The summed E-state index contributed by atoms with van der Waals surface area (Å²) in [4.78, 5) is 12.7. The van der Waals surface area contributed by atoms with Crippen LogP contribution in [-0.2, 0) is 13.5 Å². The van der Waals surface area contributed by atoms with Gasteiger partial charge in [-0.15, -0.1) is 0 Å². The molecule has 0 aliphatic heterocycles. The molecule has 126 valence electrons. The van der Waals surface area contributed by atoms with E-state index in [1.807, 2.05) is 19.2 Å². The third kappa shape index (κ3) is 2.64. The Bertz CT molecular complexity index is 821. The van der Waals surface area contributed by atoms with Crippen molar-refractivity contribution in [3.63, 3.8) is 0 Å². The number of hydrogen-bond acceptors (Lipinski definition) is 5. The van der Waals surface area contributed by atoms with Gasteiger partial charge in [0.05, 0.1) is 33.1 Å². The summed E-state index contributed by atoms with van der Waals surface area (Å²) in [7, 11) is 6.60. The van der Waals surface area contributed by atoms with Crippen molar-refractivity contribution in [2.24, 2.45) is 7.05 Å². The van der Waals surface area contributed by atoms with Crippen LogP contribution in [0.4, 0.5) is 0 Å². The highest BCUT2D eigenvalue weighted by Crippen LogP contribution is 2.37. The number of Topliss-reactive ketones (excluding diaryl/α,β-unsaturated/α-hetero) is 1. The Balaban J connectivity index is 2.04. The molecule has 0 saturated carbocycles. The van der Waals surface area contributed by atoms with Crippen molar-refractivity contribution in [1.29, 1.82) is 0 Å². The first-order valence-corrected chi connectivity index (χ1v) is 7.65. The molecule has 0 amide bonds. The van der Waals surface area contributed by atoms with E-state index < -0.39 is 0 Å². The van der Waals surface area contributed by atoms with Crippen molar-refractivity contribution >= 4 is 11.9 Å². The van der Waals surface area contributed by atoms with Crippen LogP contribution in [0.3, 0.4) is 0 Å². The van der Waals surface area contributed by atoms with Gasteiger partial charge in [0.15, 0.2) is 17.3 Å². The molecule has 6 nitrogen and oxygen atoms in total. The summed E-state index contributed by atoms with van der Waals surface area (Å²) in [6.45, 7) is 0. The highest BCUT2D eigenvalue weighted by Gasteiger charge is 2.25. The molecule has 3 rings (SSSR count). The molecule has 0 atom stereocenters. The van der Waals surface area contributed by atoms with E-state index in [4.69, 9.17) is 14.2 Å². The Kier molecular flexibility index (Phi) is 4.29. The fourth-order valence-electron chi connectivity index (χ4n) is 2.98. The van der Waals surface area contributed by atoms with Crippen molar-refractivity contribution in [1.82, 2.24) is 9.78 Å². The van der Waals surface area contributed by atoms with E-state index in [2.05, 4.69) is 5.10 Å². The quantitative estimate of drug-likeness (QED) is 0.808. The van der Waals surface area contributed by atoms with Gasteiger partial charge >= 0.3 is 0 Å². The molecule has 2 aromatic rings. The molecule has 0 spiro atoms. The van der Waals surface area contributed by atoms with E-state index in [0.717, 1.165) is 23.3 Å². The van der Waals surface area contributed by atoms with E-state index in [1.54, 1.807) is 38.3 Å². The lowest BCUT2D eigenvalue weighted by atomic mass is 9.90. The molecule has 1 heterocycles. The lowest BCUT2D eigenvalue weighted by molar-refractivity contribution is 0.102. The van der Waals surface area contributed by atoms with Crippen molar-refractivity contribution in [2.45, 2.75) is 12.8 Å². The Hall–Kier alpha value is -2.76. The van der Waals surface area contributed by atoms with Gasteiger partial charge in [-0.2, -0.15) is 5.10 Å². The van der Waals surface area contributed by atoms with Crippen LogP contribution in [0.1, 0.15) is 28.0 Å². The largest absolute Gasteiger partial charge is 0.496 e. The van der Waals surface area contributed by atoms with Crippen LogP contribution in [-0.4, -0.2) is 36.9 Å². The average molecular weight is 328 g/mol. The molecular weight excluding hydrogens is 308 g/mol. The fraction of sp³-hybridized carbons (Fsp3) is 0.333. The number of aromatic nitrogens is 2. The molecule has 0 unspecified atom stereocenters. The van der Waals surface area contributed by atoms with Gasteiger partial charge in [-0.25, -0.2) is 0 Å². The van der Waals surface area contributed by atoms with E-state index in [0.29, 0.717) is 29.2 Å². The van der Waals surface area contributed by atoms with Crippen LogP contribution >= 0.6 is 0 Å². The Morgan fingerprint density at radius 1 is 1.04 bits per heavy atom. The summed E-state index contributed by atoms with van der Waals surface area (Å²) in [6, 6.07) is 3.57. The first kappa shape index (κ1) is 16.1. The van der Waals surface area contributed by atoms with E-state index in [-0.39, 0.29) is 5.78 Å². The Morgan fingerprint density at radius 3 is 2.38 bits per heavy atom. The maximum Gasteiger partial charge on any atom is 0.192 e. The number of allylic oxidation sites excluding steroid dienone is 1. The number of carbonyl (C=O) groups is 1. The van der Waals surface area contributed by atoms with Gasteiger partial charge < -0.3 is 14.2 Å². The number of nitrogens with zero attached hydrogens (tertiary/aromatic N) is 2. The zero-order valence-electron chi connectivity index (χ0n) is 14.3. The molecule has 0 saturated heterocycles. The van der Waals surface area contributed by atoms with E-state index >= 15 is 0 Å². The number of fused-ring (bicyclic) bond motifs is 1. The summed E-state index contributed by atoms with van der Waals surface area (Å²) in [5.74, 6) is 1.82. The lowest BCUT2D eigenvalue weighted by Crippen LogP contribution is -2.15. The maximum absolute atomic E-state index is 12.7. The molecule has 1 aliphatic rings. The Labute approximate surface area is 140 Å². The number of ketones is 1. The molecule has 1 aromatic heterocycles. The number of benzene rings is 1. The number of carbonyl (C=O) groups excluding carboxylic acids is 1. The molecule has 0 fully saturated rings. The van der Waals surface area contributed by atoms with E-state index in [9.17, 15) is 4.79 Å². The summed E-state index contributed by atoms with van der Waals surface area (Å²) in [5, 5.41) is 4.18. The van der Waals surface area contributed by atoms with Crippen molar-refractivity contribution < 1.29 is 19.0 Å². The first-order valence-electron chi connectivity index (χ1n) is 7.65. The van der Waals surface area contributed by atoms with Gasteiger partial charge in [0.1, 0.15) is 5.75 Å². The fourth-order valence-corrected chi connectivity index (χ4v) is 2.98. The molecule has 0 N–H and O–H groups in total. The van der Waals surface area contributed by atoms with Crippen molar-refractivity contribution in [3.05, 3.63) is 40.7 Å². The number of rotatable bonds is 4. The van der Waals surface area contributed by atoms with Crippen molar-refractivity contribution in [3.8, 4) is 17.2 Å². The zero-order valence-corrected chi connectivity index (χ0v) is 14.3. The van der Waals surface area contributed by atoms with Crippen molar-refractivity contribution in [2.75, 3.05) is 21.3 Å². The molecule has 0 radical (unpaired) electrons. The van der Waals surface area contributed by atoms with Crippen LogP contribution < -0.4 is 14.2 Å². The summed E-state index contributed by atoms with van der Waals surface area (Å²) in [6.07, 6.45) is 4.96. The SMILES string of the molecule is COc1cc(OC)c(OC)cc1C=C1CCc2c(cnn2C)C1=O. The predicted octanol–water partition coefficient (Wildman–Crippen LogP) is 2.66. The third-order valence-electron chi connectivity index (χ3n) is 4.29. The number of ether oxygens (including phenoxy) is 3. The molecular formula is C18H20N2O4. The van der Waals surface area contributed by atoms with Crippen LogP contribution in [0.25, 0.3) is 6.08 Å². The minimum Gasteiger partial charge on any atom is -0.496 e. The zero-order chi connectivity index (χ0) is 17.3. The molecule has 6 heteroatoms. The van der Waals surface area contributed by atoms with E-state index in [1.165, 1.54) is 0 Å². The van der Waals surface area contributed by atoms with Gasteiger partial charge in [-0.1, -0.05) is 0 Å². The average Bonchev–Trinajstić information content (AvgIpc) is 2.98. The van der Waals surface area contributed by atoms with Crippen LogP contribution in [0.2, 0.25) is 0 Å². The second-order valence-electron chi connectivity index (χ2n) is 5.58. The smallest absolute Gasteiger partial charge is 0.192 e. The summed E-state index contributed by atoms with van der Waals surface area (Å²) >= 11 is 0. The molecule has 0 bridgehead atoms. The van der Waals surface area contributed by atoms with Gasteiger partial charge in [-0.3, -0.25) is 9.48 Å². The molecule has 1 aromatic carbocycles. The standard InChI is InChI=1S/C18H20N2O4/c1-20-14-6-5-11(18(21)13(14)10-19-20)7-12-8-16(23-3)17(24-4)9-15(12)22-2/h7-10H,5-6H2,1-4H3. The van der Waals surface area contributed by atoms with Crippen LogP contribution in [0.15, 0.2) is 23.9 Å². The van der Waals surface area contributed by atoms with Gasteiger partial charge in [-0.05, 0) is 25.0 Å². The molecule has 24 heavy (non-hydrogen) atoms. The minimum atomic E-state index is 0.0150. The third-order valence-corrected chi connectivity index (χ3v) is 4.29. The van der Waals surface area contributed by atoms with Gasteiger partial charge in [0.25, 0.3) is 0 Å². The predicted molar refractivity (Wildman–Crippen MR) is 89.9 cm³/mol. The number of hydrogen-bond donors (Lipinski definition) is 0. The minimum absolute atomic E-state index is 0.0150. The maximum atomic E-state index is 12.7. The molecule has 1 aliphatic carbocycles.